The Hall–Kier alpha value is -2.01. The molecule has 1 heterocycles. The van der Waals surface area contributed by atoms with E-state index in [-0.39, 0.29) is 10.7 Å². The van der Waals surface area contributed by atoms with Gasteiger partial charge in [-0.25, -0.2) is 13.8 Å². The molecule has 1 N–H and O–H groups in total. The quantitative estimate of drug-likeness (QED) is 0.876. The van der Waals surface area contributed by atoms with Gasteiger partial charge in [0.2, 0.25) is 0 Å². The average Bonchev–Trinajstić information content (AvgIpc) is 2.40. The fraction of sp³-hybridized carbons (Fsp3) is 0.200. The predicted molar refractivity (Wildman–Crippen MR) is 76.2 cm³/mol. The molecule has 1 atom stereocenters. The molecule has 0 fully saturated rings. The van der Waals surface area contributed by atoms with E-state index in [2.05, 4.69) is 10.3 Å². The average molecular weight is 311 g/mol. The number of halogens is 3. The Morgan fingerprint density at radius 2 is 2.00 bits per heavy atom. The van der Waals surface area contributed by atoms with Crippen molar-refractivity contribution in [2.24, 2.45) is 0 Å². The molecule has 2 aromatic rings. The van der Waals surface area contributed by atoms with Crippen molar-refractivity contribution < 1.29 is 13.6 Å². The number of benzene rings is 1. The second-order valence-corrected chi connectivity index (χ2v) is 5.07. The van der Waals surface area contributed by atoms with Crippen molar-refractivity contribution in [2.45, 2.75) is 19.9 Å². The first-order chi connectivity index (χ1) is 9.86. The second-order valence-electron chi connectivity index (χ2n) is 4.68. The molecule has 1 aromatic carbocycles. The Balaban J connectivity index is 2.20. The molecule has 21 heavy (non-hydrogen) atoms. The Kier molecular flexibility index (Phi) is 4.53. The number of nitrogens with one attached hydrogen (secondary N) is 1. The van der Waals surface area contributed by atoms with Crippen molar-refractivity contribution in [3.63, 3.8) is 0 Å². The summed E-state index contributed by atoms with van der Waals surface area (Å²) in [4.78, 5) is 16.1. The molecule has 2 rings (SSSR count). The smallest absolute Gasteiger partial charge is 0.251 e. The topological polar surface area (TPSA) is 42.0 Å². The first-order valence-corrected chi connectivity index (χ1v) is 6.64. The zero-order valence-electron chi connectivity index (χ0n) is 11.5. The van der Waals surface area contributed by atoms with Crippen LogP contribution in [0, 0.1) is 18.6 Å². The summed E-state index contributed by atoms with van der Waals surface area (Å²) in [7, 11) is 0. The molecule has 6 heteroatoms. The van der Waals surface area contributed by atoms with Crippen LogP contribution in [0.25, 0.3) is 0 Å². The van der Waals surface area contributed by atoms with Crippen LogP contribution in [0.3, 0.4) is 0 Å². The summed E-state index contributed by atoms with van der Waals surface area (Å²) in [5.41, 5.74) is 0.994. The van der Waals surface area contributed by atoms with Crippen LogP contribution in [0.15, 0.2) is 30.3 Å². The van der Waals surface area contributed by atoms with E-state index in [1.807, 2.05) is 0 Å². The van der Waals surface area contributed by atoms with E-state index in [9.17, 15) is 13.6 Å². The molecule has 0 aliphatic rings. The molecule has 0 aliphatic heterocycles. The maximum Gasteiger partial charge on any atom is 0.251 e. The highest BCUT2D eigenvalue weighted by Crippen LogP contribution is 2.19. The van der Waals surface area contributed by atoms with Gasteiger partial charge in [0.1, 0.15) is 16.8 Å². The number of carbonyl (C=O) groups excluding carboxylic acids is 1. The molecule has 0 saturated heterocycles. The summed E-state index contributed by atoms with van der Waals surface area (Å²) >= 11 is 5.79. The Morgan fingerprint density at radius 3 is 2.67 bits per heavy atom. The molecular weight excluding hydrogens is 298 g/mol. The Morgan fingerprint density at radius 1 is 1.29 bits per heavy atom. The molecule has 1 amide bonds. The molecule has 0 bridgehead atoms. The van der Waals surface area contributed by atoms with Crippen molar-refractivity contribution in [1.29, 1.82) is 0 Å². The lowest BCUT2D eigenvalue weighted by Gasteiger charge is -2.15. The SMILES string of the molecule is Cc1cc(C(=O)NC(C)c2cc(F)ccc2F)cc(Cl)n1. The number of aromatic nitrogens is 1. The minimum absolute atomic E-state index is 0.0835. The summed E-state index contributed by atoms with van der Waals surface area (Å²) in [5.74, 6) is -1.57. The van der Waals surface area contributed by atoms with Crippen LogP contribution in [0.1, 0.15) is 34.6 Å². The summed E-state index contributed by atoms with van der Waals surface area (Å²) in [6, 6.07) is 5.42. The maximum absolute atomic E-state index is 13.7. The molecule has 0 spiro atoms. The van der Waals surface area contributed by atoms with Crippen molar-refractivity contribution in [2.75, 3.05) is 0 Å². The van der Waals surface area contributed by atoms with E-state index in [1.54, 1.807) is 19.9 Å². The Labute approximate surface area is 126 Å². The lowest BCUT2D eigenvalue weighted by molar-refractivity contribution is 0.0939. The number of nitrogens with zero attached hydrogens (tertiary/aromatic N) is 1. The van der Waals surface area contributed by atoms with Gasteiger partial charge in [-0.1, -0.05) is 11.6 Å². The normalized spacial score (nSPS) is 12.0. The van der Waals surface area contributed by atoms with Gasteiger partial charge >= 0.3 is 0 Å². The summed E-state index contributed by atoms with van der Waals surface area (Å²) in [6.45, 7) is 3.28. The van der Waals surface area contributed by atoms with Crippen LogP contribution < -0.4 is 5.32 Å². The van der Waals surface area contributed by atoms with E-state index in [1.165, 1.54) is 6.07 Å². The minimum atomic E-state index is -0.680. The third-order valence-electron chi connectivity index (χ3n) is 2.96. The summed E-state index contributed by atoms with van der Waals surface area (Å²) < 4.78 is 26.8. The highest BCUT2D eigenvalue weighted by molar-refractivity contribution is 6.29. The van der Waals surface area contributed by atoms with Crippen LogP contribution in [0.4, 0.5) is 8.78 Å². The van der Waals surface area contributed by atoms with Gasteiger partial charge in [-0.05, 0) is 44.2 Å². The van der Waals surface area contributed by atoms with Gasteiger partial charge in [0.05, 0.1) is 6.04 Å². The minimum Gasteiger partial charge on any atom is -0.345 e. The first kappa shape index (κ1) is 15.4. The van der Waals surface area contributed by atoms with Crippen LogP contribution in [0.2, 0.25) is 5.15 Å². The number of hydrogen-bond acceptors (Lipinski definition) is 2. The molecule has 0 radical (unpaired) electrons. The van der Waals surface area contributed by atoms with E-state index >= 15 is 0 Å². The van der Waals surface area contributed by atoms with Gasteiger partial charge in [0.25, 0.3) is 5.91 Å². The van der Waals surface area contributed by atoms with E-state index in [0.29, 0.717) is 11.3 Å². The molecule has 1 aromatic heterocycles. The van der Waals surface area contributed by atoms with Crippen molar-refractivity contribution >= 4 is 17.5 Å². The van der Waals surface area contributed by atoms with Gasteiger partial charge in [-0.3, -0.25) is 4.79 Å². The van der Waals surface area contributed by atoms with E-state index in [0.717, 1.165) is 18.2 Å². The number of carbonyl (C=O) groups is 1. The zero-order chi connectivity index (χ0) is 15.6. The van der Waals surface area contributed by atoms with Gasteiger partial charge in [-0.15, -0.1) is 0 Å². The van der Waals surface area contributed by atoms with Gasteiger partial charge in [0, 0.05) is 16.8 Å². The first-order valence-electron chi connectivity index (χ1n) is 6.27. The molecule has 0 aliphatic carbocycles. The molecule has 0 saturated carbocycles. The molecule has 110 valence electrons. The maximum atomic E-state index is 13.7. The molecule has 3 nitrogen and oxygen atoms in total. The molecule has 1 unspecified atom stereocenters. The van der Waals surface area contributed by atoms with Crippen LogP contribution in [-0.2, 0) is 0 Å². The number of amides is 1. The number of aryl methyl sites for hydroxylation is 1. The third-order valence-corrected chi connectivity index (χ3v) is 3.15. The van der Waals surface area contributed by atoms with Crippen molar-refractivity contribution in [3.05, 3.63) is 63.9 Å². The highest BCUT2D eigenvalue weighted by Gasteiger charge is 2.16. The van der Waals surface area contributed by atoms with Gasteiger partial charge in [0.15, 0.2) is 0 Å². The lowest BCUT2D eigenvalue weighted by Crippen LogP contribution is -2.27. The summed E-state index contributed by atoms with van der Waals surface area (Å²) in [5, 5.41) is 2.80. The second kappa shape index (κ2) is 6.18. The fourth-order valence-corrected chi connectivity index (χ4v) is 2.21. The number of pyridine rings is 1. The number of hydrogen-bond donors (Lipinski definition) is 1. The monoisotopic (exact) mass is 310 g/mol. The third kappa shape index (κ3) is 3.76. The summed E-state index contributed by atoms with van der Waals surface area (Å²) in [6.07, 6.45) is 0. The van der Waals surface area contributed by atoms with Crippen LogP contribution in [-0.4, -0.2) is 10.9 Å². The Bertz CT molecular complexity index is 671. The zero-order valence-corrected chi connectivity index (χ0v) is 12.2. The predicted octanol–water partition coefficient (Wildman–Crippen LogP) is 3.81. The largest absolute Gasteiger partial charge is 0.345 e. The standard InChI is InChI=1S/C15H13ClF2N2O/c1-8-5-10(6-14(16)19-8)15(21)20-9(2)12-7-11(17)3-4-13(12)18/h3-7,9H,1-2H3,(H,20,21). The van der Waals surface area contributed by atoms with Crippen molar-refractivity contribution in [3.8, 4) is 0 Å². The van der Waals surface area contributed by atoms with Crippen LogP contribution >= 0.6 is 11.6 Å². The van der Waals surface area contributed by atoms with E-state index < -0.39 is 23.6 Å². The highest BCUT2D eigenvalue weighted by atomic mass is 35.5. The molecular formula is C15H13ClF2N2O. The van der Waals surface area contributed by atoms with Crippen LogP contribution in [0.5, 0.6) is 0 Å². The van der Waals surface area contributed by atoms with Crippen molar-refractivity contribution in [1.82, 2.24) is 10.3 Å². The van der Waals surface area contributed by atoms with Gasteiger partial charge in [-0.2, -0.15) is 0 Å². The van der Waals surface area contributed by atoms with Gasteiger partial charge < -0.3 is 5.32 Å². The number of rotatable bonds is 3. The van der Waals surface area contributed by atoms with E-state index in [4.69, 9.17) is 11.6 Å². The lowest BCUT2D eigenvalue weighted by atomic mass is 10.1. The fourth-order valence-electron chi connectivity index (χ4n) is 1.96.